The Morgan fingerprint density at radius 1 is 0.920 bits per heavy atom. The number of carboxylic acid groups (broad SMARTS) is 2. The fraction of sp³-hybridized carbons (Fsp3) is 0.222. The highest BCUT2D eigenvalue weighted by Gasteiger charge is 2.15. The Hall–Kier alpha value is -3.22. The van der Waals surface area contributed by atoms with Crippen molar-refractivity contribution in [1.82, 2.24) is 0 Å². The zero-order valence-corrected chi connectivity index (χ0v) is 13.9. The van der Waals surface area contributed by atoms with Gasteiger partial charge in [0.1, 0.15) is 0 Å². The number of rotatable bonds is 5. The summed E-state index contributed by atoms with van der Waals surface area (Å²) >= 11 is 0. The van der Waals surface area contributed by atoms with Gasteiger partial charge in [-0.25, -0.2) is 9.59 Å². The summed E-state index contributed by atoms with van der Waals surface area (Å²) in [5.74, 6) is -2.02. The lowest BCUT2D eigenvalue weighted by molar-refractivity contribution is -0.385. The summed E-state index contributed by atoms with van der Waals surface area (Å²) in [7, 11) is 0. The van der Waals surface area contributed by atoms with Gasteiger partial charge in [-0.2, -0.15) is 0 Å². The molecule has 0 aliphatic rings. The second-order valence-corrected chi connectivity index (χ2v) is 5.11. The summed E-state index contributed by atoms with van der Waals surface area (Å²) < 4.78 is 0. The molecule has 0 unspecified atom stereocenters. The molecule has 132 valence electrons. The number of hydrogen-bond donors (Lipinski definition) is 2. The molecule has 0 spiro atoms. The van der Waals surface area contributed by atoms with Crippen LogP contribution in [0.5, 0.6) is 0 Å². The van der Waals surface area contributed by atoms with E-state index in [1.807, 2.05) is 19.1 Å². The first-order chi connectivity index (χ1) is 11.8. The number of benzene rings is 2. The van der Waals surface area contributed by atoms with Crippen molar-refractivity contribution in [3.63, 3.8) is 0 Å². The molecule has 0 atom stereocenters. The number of nitrogens with zero attached hydrogens (tertiary/aromatic N) is 1. The van der Waals surface area contributed by atoms with E-state index in [-0.39, 0.29) is 11.3 Å². The van der Waals surface area contributed by atoms with Gasteiger partial charge < -0.3 is 10.2 Å². The highest BCUT2D eigenvalue weighted by molar-refractivity contribution is 5.88. The van der Waals surface area contributed by atoms with Crippen LogP contribution in [0.1, 0.15) is 45.7 Å². The fourth-order valence-electron chi connectivity index (χ4n) is 2.05. The van der Waals surface area contributed by atoms with E-state index in [0.717, 1.165) is 18.1 Å². The molecule has 0 bridgehead atoms. The Morgan fingerprint density at radius 2 is 1.44 bits per heavy atom. The summed E-state index contributed by atoms with van der Waals surface area (Å²) in [4.78, 5) is 31.0. The third-order valence-electron chi connectivity index (χ3n) is 3.52. The van der Waals surface area contributed by atoms with E-state index in [2.05, 4.69) is 0 Å². The standard InChI is InChI=1S/C9H9NO4.C9H10O2/c1-2-6-3-4-7(9(11)12)5-8(6)10(13)14;1-2-7-3-5-8(6-4-7)9(10)11/h3-5H,2H2,1H3,(H,11,12);3-6H,2H2,1H3,(H,10,11). The normalized spacial score (nSPS) is 9.68. The topological polar surface area (TPSA) is 118 Å². The average molecular weight is 345 g/mol. The predicted octanol–water partition coefficient (Wildman–Crippen LogP) is 3.80. The summed E-state index contributed by atoms with van der Waals surface area (Å²) in [5, 5.41) is 27.7. The van der Waals surface area contributed by atoms with Crippen LogP contribution in [-0.4, -0.2) is 27.1 Å². The molecule has 0 aromatic heterocycles. The molecule has 0 aliphatic heterocycles. The third-order valence-corrected chi connectivity index (χ3v) is 3.52. The van der Waals surface area contributed by atoms with Crippen molar-refractivity contribution in [3.8, 4) is 0 Å². The first-order valence-electron chi connectivity index (χ1n) is 7.62. The van der Waals surface area contributed by atoms with E-state index in [9.17, 15) is 19.7 Å². The van der Waals surface area contributed by atoms with Crippen LogP contribution in [0.25, 0.3) is 0 Å². The summed E-state index contributed by atoms with van der Waals surface area (Å²) in [5.41, 5.74) is 1.86. The Kier molecular flexibility index (Phi) is 7.27. The van der Waals surface area contributed by atoms with Crippen LogP contribution >= 0.6 is 0 Å². The second-order valence-electron chi connectivity index (χ2n) is 5.11. The molecular weight excluding hydrogens is 326 g/mol. The maximum absolute atomic E-state index is 10.6. The molecule has 0 heterocycles. The SMILES string of the molecule is CCc1ccc(C(=O)O)cc1.CCc1ccc(C(=O)O)cc1[N+](=O)[O-]. The van der Waals surface area contributed by atoms with Gasteiger partial charge in [0.2, 0.25) is 0 Å². The maximum atomic E-state index is 10.6. The van der Waals surface area contributed by atoms with Gasteiger partial charge in [0, 0.05) is 11.6 Å². The van der Waals surface area contributed by atoms with Gasteiger partial charge in [-0.05, 0) is 36.6 Å². The van der Waals surface area contributed by atoms with Gasteiger partial charge in [-0.1, -0.05) is 32.0 Å². The smallest absolute Gasteiger partial charge is 0.335 e. The molecule has 7 nitrogen and oxygen atoms in total. The third kappa shape index (κ3) is 5.72. The molecule has 25 heavy (non-hydrogen) atoms. The summed E-state index contributed by atoms with van der Waals surface area (Å²) in [6.45, 7) is 3.82. The minimum Gasteiger partial charge on any atom is -0.478 e. The van der Waals surface area contributed by atoms with E-state index in [1.165, 1.54) is 12.1 Å². The lowest BCUT2D eigenvalue weighted by atomic mass is 10.1. The van der Waals surface area contributed by atoms with Gasteiger partial charge >= 0.3 is 11.9 Å². The number of nitro groups is 1. The summed E-state index contributed by atoms with van der Waals surface area (Å²) in [6, 6.07) is 10.9. The van der Waals surface area contributed by atoms with Crippen molar-refractivity contribution in [3.05, 3.63) is 74.8 Å². The number of nitro benzene ring substituents is 1. The van der Waals surface area contributed by atoms with E-state index >= 15 is 0 Å². The molecule has 2 aromatic rings. The van der Waals surface area contributed by atoms with Crippen LogP contribution in [0.2, 0.25) is 0 Å². The quantitative estimate of drug-likeness (QED) is 0.628. The van der Waals surface area contributed by atoms with Crippen molar-refractivity contribution < 1.29 is 24.7 Å². The molecule has 0 radical (unpaired) electrons. The van der Waals surface area contributed by atoms with Crippen LogP contribution in [0.3, 0.4) is 0 Å². The zero-order chi connectivity index (χ0) is 19.0. The fourth-order valence-corrected chi connectivity index (χ4v) is 2.05. The molecule has 7 heteroatoms. The highest BCUT2D eigenvalue weighted by atomic mass is 16.6. The van der Waals surface area contributed by atoms with E-state index in [1.54, 1.807) is 19.1 Å². The van der Waals surface area contributed by atoms with Crippen molar-refractivity contribution in [1.29, 1.82) is 0 Å². The predicted molar refractivity (Wildman–Crippen MR) is 92.2 cm³/mol. The van der Waals surface area contributed by atoms with Gasteiger partial charge in [0.15, 0.2) is 0 Å². The van der Waals surface area contributed by atoms with Crippen molar-refractivity contribution in [2.24, 2.45) is 0 Å². The number of carbonyl (C=O) groups is 2. The van der Waals surface area contributed by atoms with Crippen LogP contribution in [0.15, 0.2) is 42.5 Å². The van der Waals surface area contributed by atoms with Gasteiger partial charge in [0.25, 0.3) is 5.69 Å². The molecule has 0 saturated carbocycles. The lowest BCUT2D eigenvalue weighted by Crippen LogP contribution is -2.00. The van der Waals surface area contributed by atoms with Crippen LogP contribution in [-0.2, 0) is 12.8 Å². The van der Waals surface area contributed by atoms with Gasteiger partial charge in [-0.15, -0.1) is 0 Å². The monoisotopic (exact) mass is 345 g/mol. The summed E-state index contributed by atoms with van der Waals surface area (Å²) in [6.07, 6.45) is 1.45. The first kappa shape index (κ1) is 19.8. The molecule has 0 fully saturated rings. The van der Waals surface area contributed by atoms with Gasteiger partial charge in [0.05, 0.1) is 16.1 Å². The number of aryl methyl sites for hydroxylation is 2. The number of aromatic carboxylic acids is 2. The molecule has 2 aromatic carbocycles. The zero-order valence-electron chi connectivity index (χ0n) is 13.9. The second kappa shape index (κ2) is 9.17. The average Bonchev–Trinajstić information content (AvgIpc) is 2.61. The Balaban J connectivity index is 0.000000257. The highest BCUT2D eigenvalue weighted by Crippen LogP contribution is 2.20. The lowest BCUT2D eigenvalue weighted by Gasteiger charge is -2.00. The number of hydrogen-bond acceptors (Lipinski definition) is 4. The molecular formula is C18H19NO6. The molecule has 0 amide bonds. The van der Waals surface area contributed by atoms with E-state index < -0.39 is 16.9 Å². The molecule has 0 aliphatic carbocycles. The van der Waals surface area contributed by atoms with Crippen LogP contribution in [0, 0.1) is 10.1 Å². The van der Waals surface area contributed by atoms with E-state index in [4.69, 9.17) is 10.2 Å². The van der Waals surface area contributed by atoms with Crippen molar-refractivity contribution >= 4 is 17.6 Å². The maximum Gasteiger partial charge on any atom is 0.335 e. The minimum atomic E-state index is -1.16. The van der Waals surface area contributed by atoms with Crippen molar-refractivity contribution in [2.45, 2.75) is 26.7 Å². The van der Waals surface area contributed by atoms with Crippen molar-refractivity contribution in [2.75, 3.05) is 0 Å². The van der Waals surface area contributed by atoms with Crippen LogP contribution in [0.4, 0.5) is 5.69 Å². The Bertz CT molecular complexity index is 768. The Labute approximate surface area is 144 Å². The first-order valence-corrected chi connectivity index (χ1v) is 7.62. The van der Waals surface area contributed by atoms with E-state index in [0.29, 0.717) is 17.5 Å². The molecule has 0 saturated heterocycles. The molecule has 2 rings (SSSR count). The Morgan fingerprint density at radius 3 is 1.84 bits per heavy atom. The molecule has 2 N–H and O–H groups in total. The van der Waals surface area contributed by atoms with Crippen LogP contribution < -0.4 is 0 Å². The van der Waals surface area contributed by atoms with Gasteiger partial charge in [-0.3, -0.25) is 10.1 Å². The number of carboxylic acids is 2. The largest absolute Gasteiger partial charge is 0.478 e. The minimum absolute atomic E-state index is 0.0612.